The highest BCUT2D eigenvalue weighted by Crippen LogP contribution is 2.36. The summed E-state index contributed by atoms with van der Waals surface area (Å²) < 4.78 is 11.6. The molecular formula is C21H20O7. The fraction of sp³-hybridized carbons (Fsp3) is 0.286. The van der Waals surface area contributed by atoms with Crippen LogP contribution in [0.2, 0.25) is 0 Å². The van der Waals surface area contributed by atoms with Crippen LogP contribution in [0.1, 0.15) is 11.7 Å². The van der Waals surface area contributed by atoms with Gasteiger partial charge in [0.1, 0.15) is 41.9 Å². The maximum absolute atomic E-state index is 12.6. The van der Waals surface area contributed by atoms with Crippen LogP contribution in [0, 0.1) is 0 Å². The van der Waals surface area contributed by atoms with Crippen LogP contribution in [-0.4, -0.2) is 51.4 Å². The normalized spacial score (nSPS) is 27.8. The molecule has 0 amide bonds. The van der Waals surface area contributed by atoms with Crippen molar-refractivity contribution in [2.24, 2.45) is 0 Å². The topological polar surface area (TPSA) is 120 Å². The lowest BCUT2D eigenvalue weighted by atomic mass is 9.90. The van der Waals surface area contributed by atoms with Crippen molar-refractivity contribution in [1.82, 2.24) is 0 Å². The Hall–Kier alpha value is -2.55. The first-order valence-corrected chi connectivity index (χ1v) is 8.94. The molecule has 5 atom stereocenters. The molecule has 4 N–H and O–H groups in total. The van der Waals surface area contributed by atoms with E-state index in [9.17, 15) is 25.2 Å². The van der Waals surface area contributed by atoms with E-state index >= 15 is 0 Å². The molecular weight excluding hydrogens is 364 g/mol. The van der Waals surface area contributed by atoms with Crippen LogP contribution in [0.25, 0.3) is 22.3 Å². The quantitative estimate of drug-likeness (QED) is 0.531. The summed E-state index contributed by atoms with van der Waals surface area (Å²) in [6.07, 6.45) is -6.58. The van der Waals surface area contributed by atoms with Crippen LogP contribution in [0.3, 0.4) is 0 Å². The van der Waals surface area contributed by atoms with Gasteiger partial charge in [0.15, 0.2) is 5.43 Å². The first kappa shape index (κ1) is 18.8. The highest BCUT2D eigenvalue weighted by Gasteiger charge is 2.44. The number of hydrogen-bond acceptors (Lipinski definition) is 7. The monoisotopic (exact) mass is 384 g/mol. The van der Waals surface area contributed by atoms with Crippen molar-refractivity contribution >= 4 is 11.0 Å². The minimum atomic E-state index is -1.52. The van der Waals surface area contributed by atoms with Gasteiger partial charge >= 0.3 is 0 Å². The Morgan fingerprint density at radius 1 is 0.893 bits per heavy atom. The van der Waals surface area contributed by atoms with E-state index in [1.165, 1.54) is 6.07 Å². The summed E-state index contributed by atoms with van der Waals surface area (Å²) in [5.41, 5.74) is 1.03. The second-order valence-electron chi connectivity index (χ2n) is 6.81. The molecule has 0 aliphatic carbocycles. The summed E-state index contributed by atoms with van der Waals surface area (Å²) in [6.45, 7) is -0.536. The Morgan fingerprint density at radius 2 is 1.64 bits per heavy atom. The average Bonchev–Trinajstić information content (AvgIpc) is 2.73. The van der Waals surface area contributed by atoms with Crippen molar-refractivity contribution < 1.29 is 29.6 Å². The van der Waals surface area contributed by atoms with Crippen molar-refractivity contribution in [1.29, 1.82) is 0 Å². The molecule has 2 heterocycles. The van der Waals surface area contributed by atoms with E-state index in [0.717, 1.165) is 0 Å². The molecule has 1 aliphatic heterocycles. The molecule has 28 heavy (non-hydrogen) atoms. The smallest absolute Gasteiger partial charge is 0.193 e. The Labute approximate surface area is 160 Å². The van der Waals surface area contributed by atoms with Gasteiger partial charge in [0.2, 0.25) is 0 Å². The van der Waals surface area contributed by atoms with Crippen LogP contribution in [-0.2, 0) is 4.74 Å². The van der Waals surface area contributed by atoms with Gasteiger partial charge in [-0.1, -0.05) is 42.5 Å². The third kappa shape index (κ3) is 3.13. The molecule has 146 valence electrons. The fourth-order valence-electron chi connectivity index (χ4n) is 3.53. The number of hydrogen-bond donors (Lipinski definition) is 4. The highest BCUT2D eigenvalue weighted by molar-refractivity contribution is 5.82. The van der Waals surface area contributed by atoms with Gasteiger partial charge < -0.3 is 29.6 Å². The van der Waals surface area contributed by atoms with Crippen LogP contribution in [0.15, 0.2) is 63.8 Å². The van der Waals surface area contributed by atoms with Crippen LogP contribution in [0.4, 0.5) is 0 Å². The third-order valence-electron chi connectivity index (χ3n) is 5.04. The van der Waals surface area contributed by atoms with Gasteiger partial charge in [-0.3, -0.25) is 4.79 Å². The van der Waals surface area contributed by atoms with Crippen molar-refractivity contribution in [3.05, 3.63) is 70.4 Å². The maximum atomic E-state index is 12.6. The molecule has 1 aliphatic rings. The Bertz CT molecular complexity index is 1030. The number of fused-ring (bicyclic) bond motifs is 1. The molecule has 1 aromatic heterocycles. The summed E-state index contributed by atoms with van der Waals surface area (Å²) in [5.74, 6) is 0.357. The van der Waals surface area contributed by atoms with Gasteiger partial charge in [-0.2, -0.15) is 0 Å². The molecule has 0 radical (unpaired) electrons. The molecule has 0 saturated carbocycles. The van der Waals surface area contributed by atoms with E-state index < -0.39 is 37.1 Å². The summed E-state index contributed by atoms with van der Waals surface area (Å²) in [4.78, 5) is 12.6. The van der Waals surface area contributed by atoms with E-state index in [-0.39, 0.29) is 11.0 Å². The first-order chi connectivity index (χ1) is 13.5. The molecule has 7 nitrogen and oxygen atoms in total. The largest absolute Gasteiger partial charge is 0.455 e. The molecule has 1 unspecified atom stereocenters. The average molecular weight is 384 g/mol. The Kier molecular flexibility index (Phi) is 5.01. The van der Waals surface area contributed by atoms with Gasteiger partial charge in [0, 0.05) is 17.2 Å². The number of para-hydroxylation sites is 1. The van der Waals surface area contributed by atoms with Crippen molar-refractivity contribution in [3.8, 4) is 11.3 Å². The summed E-state index contributed by atoms with van der Waals surface area (Å²) in [5, 5.41) is 40.3. The van der Waals surface area contributed by atoms with E-state index in [1.807, 2.05) is 18.2 Å². The van der Waals surface area contributed by atoms with Gasteiger partial charge in [-0.15, -0.1) is 0 Å². The highest BCUT2D eigenvalue weighted by atomic mass is 16.5. The minimum absolute atomic E-state index is 0.221. The third-order valence-corrected chi connectivity index (χ3v) is 5.04. The molecule has 1 saturated heterocycles. The summed E-state index contributed by atoms with van der Waals surface area (Å²) in [7, 11) is 0. The zero-order valence-electron chi connectivity index (χ0n) is 14.8. The Balaban J connectivity index is 1.87. The number of aliphatic hydroxyl groups excluding tert-OH is 4. The molecule has 0 spiro atoms. The van der Waals surface area contributed by atoms with E-state index in [0.29, 0.717) is 22.3 Å². The SMILES string of the molecule is O=c1cc(-c2ccccc2)oc2c(C3O[C@H](CO)[C@@H](O)[C@H](O)[C@H]3O)cccc12. The second-order valence-corrected chi connectivity index (χ2v) is 6.81. The van der Waals surface area contributed by atoms with E-state index in [1.54, 1.807) is 30.3 Å². The zero-order valence-corrected chi connectivity index (χ0v) is 14.8. The van der Waals surface area contributed by atoms with Crippen LogP contribution in [0.5, 0.6) is 0 Å². The second kappa shape index (κ2) is 7.46. The van der Waals surface area contributed by atoms with Gasteiger partial charge in [-0.05, 0) is 6.07 Å². The number of ether oxygens (including phenoxy) is 1. The summed E-state index contributed by atoms with van der Waals surface area (Å²) >= 11 is 0. The molecule has 1 fully saturated rings. The molecule has 7 heteroatoms. The fourth-order valence-corrected chi connectivity index (χ4v) is 3.53. The number of benzene rings is 2. The van der Waals surface area contributed by atoms with Gasteiger partial charge in [-0.25, -0.2) is 0 Å². The van der Waals surface area contributed by atoms with Gasteiger partial charge in [0.05, 0.1) is 12.0 Å². The van der Waals surface area contributed by atoms with E-state index in [2.05, 4.69) is 0 Å². The maximum Gasteiger partial charge on any atom is 0.193 e. The first-order valence-electron chi connectivity index (χ1n) is 8.94. The predicted octanol–water partition coefficient (Wildman–Crippen LogP) is 0.975. The summed E-state index contributed by atoms with van der Waals surface area (Å²) in [6, 6.07) is 15.3. The van der Waals surface area contributed by atoms with Crippen molar-refractivity contribution in [3.63, 3.8) is 0 Å². The lowest BCUT2D eigenvalue weighted by Crippen LogP contribution is -2.55. The lowest BCUT2D eigenvalue weighted by Gasteiger charge is -2.40. The van der Waals surface area contributed by atoms with Crippen LogP contribution >= 0.6 is 0 Å². The molecule has 3 aromatic rings. The number of rotatable bonds is 3. The van der Waals surface area contributed by atoms with E-state index in [4.69, 9.17) is 9.15 Å². The van der Waals surface area contributed by atoms with Gasteiger partial charge in [0.25, 0.3) is 0 Å². The standard InChI is InChI=1S/C21H20O7/c22-10-16-17(24)18(25)19(26)21(28-16)13-8-4-7-12-14(23)9-15(27-20(12)13)11-5-2-1-3-6-11/h1-9,16-19,21-22,24-26H,10H2/t16-,17-,18+,19-,21?/m1/s1. The van der Waals surface area contributed by atoms with Crippen LogP contribution < -0.4 is 5.43 Å². The minimum Gasteiger partial charge on any atom is -0.455 e. The van der Waals surface area contributed by atoms with Crippen molar-refractivity contribution in [2.75, 3.05) is 6.61 Å². The molecule has 0 bridgehead atoms. The lowest BCUT2D eigenvalue weighted by molar-refractivity contribution is -0.231. The molecule has 2 aromatic carbocycles. The zero-order chi connectivity index (χ0) is 19.8. The molecule has 4 rings (SSSR count). The number of aliphatic hydroxyl groups is 4. The Morgan fingerprint density at radius 3 is 2.36 bits per heavy atom. The predicted molar refractivity (Wildman–Crippen MR) is 101 cm³/mol. The van der Waals surface area contributed by atoms with Crippen molar-refractivity contribution in [2.45, 2.75) is 30.5 Å².